The van der Waals surface area contributed by atoms with Crippen LogP contribution < -0.4 is 0 Å². The van der Waals surface area contributed by atoms with Crippen LogP contribution in [0.4, 0.5) is 0 Å². The Morgan fingerprint density at radius 2 is 2.58 bits per heavy atom. The van der Waals surface area contributed by atoms with Crippen molar-refractivity contribution in [2.75, 3.05) is 6.61 Å². The standard InChI is InChI=1S/C8H13NO3/c1-6-2-3-7(4-6)9-12-5-8(10)11/h6H,2-5H2,1H3,(H,10,11)/b9-7-. The summed E-state index contributed by atoms with van der Waals surface area (Å²) in [6.07, 6.45) is 3.02. The number of hydrogen-bond donors (Lipinski definition) is 1. The average Bonchev–Trinajstić information content (AvgIpc) is 2.35. The molecule has 1 aliphatic rings. The Kier molecular flexibility index (Phi) is 3.08. The van der Waals surface area contributed by atoms with Crippen LogP contribution >= 0.6 is 0 Å². The average molecular weight is 171 g/mol. The van der Waals surface area contributed by atoms with Gasteiger partial charge in [-0.2, -0.15) is 0 Å². The molecule has 4 nitrogen and oxygen atoms in total. The normalized spacial score (nSPS) is 26.1. The molecule has 0 aromatic rings. The van der Waals surface area contributed by atoms with Gasteiger partial charge in [0, 0.05) is 0 Å². The fourth-order valence-corrected chi connectivity index (χ4v) is 1.28. The van der Waals surface area contributed by atoms with Crippen molar-refractivity contribution in [3.8, 4) is 0 Å². The summed E-state index contributed by atoms with van der Waals surface area (Å²) in [6.45, 7) is 1.82. The Hall–Kier alpha value is -1.06. The minimum absolute atomic E-state index is 0.335. The Labute approximate surface area is 71.2 Å². The Bertz CT molecular complexity index is 200. The maximum atomic E-state index is 10.0. The van der Waals surface area contributed by atoms with Crippen LogP contribution in [0, 0.1) is 5.92 Å². The minimum Gasteiger partial charge on any atom is -0.479 e. The molecule has 1 rings (SSSR count). The van der Waals surface area contributed by atoms with Gasteiger partial charge in [0.15, 0.2) is 0 Å². The van der Waals surface area contributed by atoms with Crippen molar-refractivity contribution in [3.05, 3.63) is 0 Å². The summed E-state index contributed by atoms with van der Waals surface area (Å²) in [4.78, 5) is 14.7. The summed E-state index contributed by atoms with van der Waals surface area (Å²) >= 11 is 0. The maximum Gasteiger partial charge on any atom is 0.344 e. The fraction of sp³-hybridized carbons (Fsp3) is 0.750. The molecule has 1 unspecified atom stereocenters. The van der Waals surface area contributed by atoms with E-state index in [1.807, 2.05) is 0 Å². The molecule has 0 bridgehead atoms. The summed E-state index contributed by atoms with van der Waals surface area (Å²) < 4.78 is 0. The lowest BCUT2D eigenvalue weighted by Gasteiger charge is -1.96. The van der Waals surface area contributed by atoms with Gasteiger partial charge in [-0.3, -0.25) is 0 Å². The van der Waals surface area contributed by atoms with Gasteiger partial charge >= 0.3 is 5.97 Å². The van der Waals surface area contributed by atoms with Crippen molar-refractivity contribution in [1.82, 2.24) is 0 Å². The lowest BCUT2D eigenvalue weighted by atomic mass is 10.1. The van der Waals surface area contributed by atoms with Crippen LogP contribution in [0.25, 0.3) is 0 Å². The number of nitrogens with zero attached hydrogens (tertiary/aromatic N) is 1. The highest BCUT2D eigenvalue weighted by Gasteiger charge is 2.16. The molecule has 0 aromatic heterocycles. The first-order valence-electron chi connectivity index (χ1n) is 4.08. The first-order chi connectivity index (χ1) is 5.68. The van der Waals surface area contributed by atoms with Gasteiger partial charge in [0.25, 0.3) is 0 Å². The second-order valence-electron chi connectivity index (χ2n) is 3.17. The predicted molar refractivity (Wildman–Crippen MR) is 44.0 cm³/mol. The minimum atomic E-state index is -0.981. The van der Waals surface area contributed by atoms with Gasteiger partial charge in [-0.05, 0) is 25.2 Å². The number of rotatable bonds is 3. The lowest BCUT2D eigenvalue weighted by molar-refractivity contribution is -0.142. The molecule has 0 aromatic carbocycles. The smallest absolute Gasteiger partial charge is 0.344 e. The molecule has 0 spiro atoms. The van der Waals surface area contributed by atoms with Crippen LogP contribution in [0.5, 0.6) is 0 Å². The highest BCUT2D eigenvalue weighted by atomic mass is 16.6. The number of carbonyl (C=O) groups is 1. The molecule has 68 valence electrons. The van der Waals surface area contributed by atoms with Crippen molar-refractivity contribution in [2.45, 2.75) is 26.2 Å². The first kappa shape index (κ1) is 9.03. The van der Waals surface area contributed by atoms with Crippen LogP contribution in [0.3, 0.4) is 0 Å². The Balaban J connectivity index is 2.23. The Morgan fingerprint density at radius 1 is 1.83 bits per heavy atom. The second-order valence-corrected chi connectivity index (χ2v) is 3.17. The van der Waals surface area contributed by atoms with Crippen molar-refractivity contribution < 1.29 is 14.7 Å². The van der Waals surface area contributed by atoms with Crippen LogP contribution in [0.2, 0.25) is 0 Å². The third-order valence-electron chi connectivity index (χ3n) is 1.89. The molecule has 1 saturated carbocycles. The van der Waals surface area contributed by atoms with Gasteiger partial charge in [-0.1, -0.05) is 12.1 Å². The van der Waals surface area contributed by atoms with Gasteiger partial charge in [0.05, 0.1) is 5.71 Å². The third kappa shape index (κ3) is 2.90. The molecule has 0 amide bonds. The van der Waals surface area contributed by atoms with Crippen LogP contribution in [-0.4, -0.2) is 23.4 Å². The number of aliphatic carboxylic acids is 1. The van der Waals surface area contributed by atoms with E-state index in [2.05, 4.69) is 16.9 Å². The van der Waals surface area contributed by atoms with E-state index >= 15 is 0 Å². The molecule has 4 heteroatoms. The zero-order valence-electron chi connectivity index (χ0n) is 7.12. The largest absolute Gasteiger partial charge is 0.479 e. The monoisotopic (exact) mass is 171 g/mol. The lowest BCUT2D eigenvalue weighted by Crippen LogP contribution is -2.04. The highest BCUT2D eigenvalue weighted by molar-refractivity contribution is 5.86. The molecular formula is C8H13NO3. The van der Waals surface area contributed by atoms with E-state index in [-0.39, 0.29) is 6.61 Å². The number of carboxylic acids is 1. The van der Waals surface area contributed by atoms with E-state index in [0.717, 1.165) is 25.0 Å². The quantitative estimate of drug-likeness (QED) is 0.650. The summed E-state index contributed by atoms with van der Waals surface area (Å²) in [5.74, 6) is -0.317. The van der Waals surface area contributed by atoms with Gasteiger partial charge in [-0.25, -0.2) is 4.79 Å². The molecular weight excluding hydrogens is 158 g/mol. The number of carboxylic acid groups (broad SMARTS) is 1. The topological polar surface area (TPSA) is 58.9 Å². The van der Waals surface area contributed by atoms with E-state index in [1.54, 1.807) is 0 Å². The highest BCUT2D eigenvalue weighted by Crippen LogP contribution is 2.21. The number of hydrogen-bond acceptors (Lipinski definition) is 3. The van der Waals surface area contributed by atoms with Crippen molar-refractivity contribution >= 4 is 11.7 Å². The van der Waals surface area contributed by atoms with Crippen molar-refractivity contribution in [2.24, 2.45) is 11.1 Å². The van der Waals surface area contributed by atoms with E-state index in [0.29, 0.717) is 5.92 Å². The maximum absolute atomic E-state index is 10.0. The molecule has 0 radical (unpaired) electrons. The van der Waals surface area contributed by atoms with Gasteiger partial charge in [-0.15, -0.1) is 0 Å². The zero-order chi connectivity index (χ0) is 8.97. The molecule has 1 atom stereocenters. The van der Waals surface area contributed by atoms with Crippen molar-refractivity contribution in [1.29, 1.82) is 0 Å². The van der Waals surface area contributed by atoms with Gasteiger partial charge < -0.3 is 9.94 Å². The summed E-state index contributed by atoms with van der Waals surface area (Å²) in [5, 5.41) is 12.0. The van der Waals surface area contributed by atoms with Crippen LogP contribution in [0.15, 0.2) is 5.16 Å². The zero-order valence-corrected chi connectivity index (χ0v) is 7.12. The van der Waals surface area contributed by atoms with E-state index in [9.17, 15) is 4.79 Å². The molecule has 0 aliphatic heterocycles. The Morgan fingerprint density at radius 3 is 3.08 bits per heavy atom. The summed E-state index contributed by atoms with van der Waals surface area (Å²) in [7, 11) is 0. The summed E-state index contributed by atoms with van der Waals surface area (Å²) in [5.41, 5.74) is 0.990. The molecule has 0 saturated heterocycles. The summed E-state index contributed by atoms with van der Waals surface area (Å²) in [6, 6.07) is 0. The predicted octanol–water partition coefficient (Wildman–Crippen LogP) is 1.26. The molecule has 1 aliphatic carbocycles. The first-order valence-corrected chi connectivity index (χ1v) is 4.08. The van der Waals surface area contributed by atoms with Crippen molar-refractivity contribution in [3.63, 3.8) is 0 Å². The fourth-order valence-electron chi connectivity index (χ4n) is 1.28. The van der Waals surface area contributed by atoms with Crippen LogP contribution in [0.1, 0.15) is 26.2 Å². The second kappa shape index (κ2) is 4.09. The SMILES string of the molecule is CC1CC/C(=N/OCC(=O)O)C1. The van der Waals surface area contributed by atoms with Crippen LogP contribution in [-0.2, 0) is 9.63 Å². The van der Waals surface area contributed by atoms with E-state index < -0.39 is 5.97 Å². The van der Waals surface area contributed by atoms with Gasteiger partial charge in [0.1, 0.15) is 0 Å². The van der Waals surface area contributed by atoms with E-state index in [1.165, 1.54) is 0 Å². The molecule has 1 fully saturated rings. The number of oxime groups is 1. The molecule has 0 heterocycles. The molecule has 1 N–H and O–H groups in total. The van der Waals surface area contributed by atoms with Gasteiger partial charge in [0.2, 0.25) is 6.61 Å². The third-order valence-corrected chi connectivity index (χ3v) is 1.89. The van der Waals surface area contributed by atoms with E-state index in [4.69, 9.17) is 5.11 Å². The molecule has 12 heavy (non-hydrogen) atoms.